The SMILES string of the molecule is Cc1ccc(CNC(=O)CCC2(CCC(=O)O)CCC(=O)N2)o1. The van der Waals surface area contributed by atoms with E-state index in [2.05, 4.69) is 10.6 Å². The minimum atomic E-state index is -0.900. The second-order valence-corrected chi connectivity index (χ2v) is 6.01. The number of hydrogen-bond acceptors (Lipinski definition) is 4. The molecule has 3 N–H and O–H groups in total. The molecular formula is C16H22N2O5. The molecule has 1 fully saturated rings. The zero-order chi connectivity index (χ0) is 16.9. The quantitative estimate of drug-likeness (QED) is 0.672. The number of rotatable bonds is 8. The number of furan rings is 1. The maximum atomic E-state index is 12.0. The first-order valence-corrected chi connectivity index (χ1v) is 7.73. The van der Waals surface area contributed by atoms with Crippen LogP contribution in [0.25, 0.3) is 0 Å². The molecule has 2 heterocycles. The molecule has 1 atom stereocenters. The van der Waals surface area contributed by atoms with Crippen molar-refractivity contribution in [3.05, 3.63) is 23.7 Å². The Balaban J connectivity index is 1.81. The summed E-state index contributed by atoms with van der Waals surface area (Å²) in [5.74, 6) is 0.348. The van der Waals surface area contributed by atoms with Crippen LogP contribution in [-0.4, -0.2) is 28.4 Å². The smallest absolute Gasteiger partial charge is 0.303 e. The highest BCUT2D eigenvalue weighted by molar-refractivity contribution is 5.80. The van der Waals surface area contributed by atoms with Crippen molar-refractivity contribution in [2.75, 3.05) is 0 Å². The van der Waals surface area contributed by atoms with E-state index >= 15 is 0 Å². The Morgan fingerprint density at radius 2 is 2.09 bits per heavy atom. The molecule has 1 unspecified atom stereocenters. The zero-order valence-electron chi connectivity index (χ0n) is 13.2. The minimum absolute atomic E-state index is 0.0203. The molecule has 1 aliphatic rings. The van der Waals surface area contributed by atoms with Gasteiger partial charge in [0.15, 0.2) is 0 Å². The van der Waals surface area contributed by atoms with E-state index in [4.69, 9.17) is 9.52 Å². The second kappa shape index (κ2) is 7.30. The van der Waals surface area contributed by atoms with Crippen molar-refractivity contribution in [2.45, 2.75) is 57.5 Å². The van der Waals surface area contributed by atoms with E-state index in [9.17, 15) is 14.4 Å². The summed E-state index contributed by atoms with van der Waals surface area (Å²) in [5.41, 5.74) is -0.575. The number of aryl methyl sites for hydroxylation is 1. The fraction of sp³-hybridized carbons (Fsp3) is 0.562. The van der Waals surface area contributed by atoms with Gasteiger partial charge in [0.25, 0.3) is 0 Å². The summed E-state index contributed by atoms with van der Waals surface area (Å²) in [6.07, 6.45) is 1.96. The fourth-order valence-corrected chi connectivity index (χ4v) is 2.83. The summed E-state index contributed by atoms with van der Waals surface area (Å²) in [5, 5.41) is 14.5. The summed E-state index contributed by atoms with van der Waals surface area (Å²) >= 11 is 0. The second-order valence-electron chi connectivity index (χ2n) is 6.01. The predicted molar refractivity (Wildman–Crippen MR) is 81.5 cm³/mol. The molecule has 2 amide bonds. The average Bonchev–Trinajstić information content (AvgIpc) is 3.08. The van der Waals surface area contributed by atoms with Gasteiger partial charge in [-0.05, 0) is 38.3 Å². The molecule has 1 saturated heterocycles. The van der Waals surface area contributed by atoms with Crippen LogP contribution in [0.4, 0.5) is 0 Å². The average molecular weight is 322 g/mol. The molecule has 2 rings (SSSR count). The summed E-state index contributed by atoms with van der Waals surface area (Å²) in [7, 11) is 0. The van der Waals surface area contributed by atoms with Gasteiger partial charge in [0.1, 0.15) is 11.5 Å². The van der Waals surface area contributed by atoms with Crippen molar-refractivity contribution in [3.63, 3.8) is 0 Å². The van der Waals surface area contributed by atoms with Crippen molar-refractivity contribution in [2.24, 2.45) is 0 Å². The Morgan fingerprint density at radius 3 is 2.65 bits per heavy atom. The number of aliphatic carboxylic acids is 1. The molecule has 0 aromatic carbocycles. The molecule has 126 valence electrons. The lowest BCUT2D eigenvalue weighted by Gasteiger charge is -2.28. The minimum Gasteiger partial charge on any atom is -0.481 e. The Kier molecular flexibility index (Phi) is 5.41. The first kappa shape index (κ1) is 17.1. The molecule has 0 aliphatic carbocycles. The maximum absolute atomic E-state index is 12.0. The highest BCUT2D eigenvalue weighted by Crippen LogP contribution is 2.30. The van der Waals surface area contributed by atoms with Crippen LogP contribution in [0.15, 0.2) is 16.5 Å². The van der Waals surface area contributed by atoms with Gasteiger partial charge in [-0.2, -0.15) is 0 Å². The molecule has 0 radical (unpaired) electrons. The summed E-state index contributed by atoms with van der Waals surface area (Å²) < 4.78 is 5.37. The van der Waals surface area contributed by atoms with Gasteiger partial charge >= 0.3 is 5.97 Å². The van der Waals surface area contributed by atoms with Gasteiger partial charge in [0.2, 0.25) is 11.8 Å². The maximum Gasteiger partial charge on any atom is 0.303 e. The lowest BCUT2D eigenvalue weighted by molar-refractivity contribution is -0.137. The molecule has 1 aliphatic heterocycles. The number of carboxylic acids is 1. The molecule has 7 nitrogen and oxygen atoms in total. The fourth-order valence-electron chi connectivity index (χ4n) is 2.83. The van der Waals surface area contributed by atoms with E-state index in [1.807, 2.05) is 13.0 Å². The van der Waals surface area contributed by atoms with Crippen molar-refractivity contribution < 1.29 is 23.9 Å². The van der Waals surface area contributed by atoms with Gasteiger partial charge in [0.05, 0.1) is 6.54 Å². The largest absolute Gasteiger partial charge is 0.481 e. The number of carboxylic acid groups (broad SMARTS) is 1. The van der Waals surface area contributed by atoms with Crippen LogP contribution in [0.2, 0.25) is 0 Å². The van der Waals surface area contributed by atoms with Crippen LogP contribution in [-0.2, 0) is 20.9 Å². The zero-order valence-corrected chi connectivity index (χ0v) is 13.2. The van der Waals surface area contributed by atoms with Gasteiger partial charge in [-0.1, -0.05) is 0 Å². The first-order valence-electron chi connectivity index (χ1n) is 7.73. The lowest BCUT2D eigenvalue weighted by Crippen LogP contribution is -2.43. The van der Waals surface area contributed by atoms with Crippen molar-refractivity contribution in [1.29, 1.82) is 0 Å². The van der Waals surface area contributed by atoms with E-state index in [0.717, 1.165) is 5.76 Å². The van der Waals surface area contributed by atoms with E-state index < -0.39 is 11.5 Å². The van der Waals surface area contributed by atoms with Crippen LogP contribution >= 0.6 is 0 Å². The Bertz CT molecular complexity index is 595. The number of hydrogen-bond donors (Lipinski definition) is 3. The van der Waals surface area contributed by atoms with Crippen LogP contribution < -0.4 is 10.6 Å². The molecular weight excluding hydrogens is 300 g/mol. The van der Waals surface area contributed by atoms with Crippen LogP contribution in [0.5, 0.6) is 0 Å². The van der Waals surface area contributed by atoms with E-state index in [0.29, 0.717) is 38.0 Å². The lowest BCUT2D eigenvalue weighted by atomic mass is 9.86. The molecule has 1 aromatic rings. The van der Waals surface area contributed by atoms with Crippen molar-refractivity contribution >= 4 is 17.8 Å². The molecule has 0 bridgehead atoms. The standard InChI is InChI=1S/C16H22N2O5/c1-11-2-3-12(23-11)10-17-13(19)4-7-16(9-6-15(21)22)8-5-14(20)18-16/h2-3H,4-10H2,1H3,(H,17,19)(H,18,20)(H,21,22). The number of amides is 2. The third-order valence-corrected chi connectivity index (χ3v) is 4.14. The topological polar surface area (TPSA) is 109 Å². The molecule has 1 aromatic heterocycles. The van der Waals surface area contributed by atoms with E-state index in [-0.39, 0.29) is 24.7 Å². The van der Waals surface area contributed by atoms with Crippen LogP contribution in [0.3, 0.4) is 0 Å². The third-order valence-electron chi connectivity index (χ3n) is 4.14. The third kappa shape index (κ3) is 5.12. The summed E-state index contributed by atoms with van der Waals surface area (Å²) in [6, 6.07) is 3.64. The summed E-state index contributed by atoms with van der Waals surface area (Å²) in [4.78, 5) is 34.2. The van der Waals surface area contributed by atoms with Crippen molar-refractivity contribution in [1.82, 2.24) is 10.6 Å². The molecule has 0 spiro atoms. The monoisotopic (exact) mass is 322 g/mol. The van der Waals surface area contributed by atoms with Crippen molar-refractivity contribution in [3.8, 4) is 0 Å². The van der Waals surface area contributed by atoms with Crippen LogP contribution in [0, 0.1) is 6.92 Å². The van der Waals surface area contributed by atoms with Gasteiger partial charge < -0.3 is 20.2 Å². The number of carbonyl (C=O) groups excluding carboxylic acids is 2. The molecule has 23 heavy (non-hydrogen) atoms. The Labute approximate surface area is 134 Å². The van der Waals surface area contributed by atoms with Gasteiger partial charge in [-0.3, -0.25) is 14.4 Å². The molecule has 7 heteroatoms. The predicted octanol–water partition coefficient (Wildman–Crippen LogP) is 1.50. The van der Waals surface area contributed by atoms with E-state index in [1.54, 1.807) is 6.07 Å². The first-order chi connectivity index (χ1) is 10.9. The highest BCUT2D eigenvalue weighted by Gasteiger charge is 2.37. The van der Waals surface area contributed by atoms with Gasteiger partial charge in [0, 0.05) is 24.8 Å². The van der Waals surface area contributed by atoms with Crippen LogP contribution in [0.1, 0.15) is 50.0 Å². The summed E-state index contributed by atoms with van der Waals surface area (Å²) in [6.45, 7) is 2.15. The molecule has 0 saturated carbocycles. The van der Waals surface area contributed by atoms with E-state index in [1.165, 1.54) is 0 Å². The van der Waals surface area contributed by atoms with Gasteiger partial charge in [-0.25, -0.2) is 0 Å². The van der Waals surface area contributed by atoms with Gasteiger partial charge in [-0.15, -0.1) is 0 Å². The Hall–Kier alpha value is -2.31. The number of nitrogens with one attached hydrogen (secondary N) is 2. The highest BCUT2D eigenvalue weighted by atomic mass is 16.4. The normalized spacial score (nSPS) is 20.3. The Morgan fingerprint density at radius 1 is 1.35 bits per heavy atom. The number of carbonyl (C=O) groups is 3.